The summed E-state index contributed by atoms with van der Waals surface area (Å²) in [5.41, 5.74) is 3.36. The number of H-pyrrole nitrogens is 1. The number of Topliss-reactive ketones (excluding diaryl/α,β-unsaturated/α-hetero) is 1. The molecule has 2 aromatic carbocycles. The summed E-state index contributed by atoms with van der Waals surface area (Å²) in [4.78, 5) is 45.4. The summed E-state index contributed by atoms with van der Waals surface area (Å²) in [5, 5.41) is 5.96. The quantitative estimate of drug-likeness (QED) is 0.275. The number of imidazole rings is 1. The van der Waals surface area contributed by atoms with Crippen molar-refractivity contribution in [3.8, 4) is 17.0 Å². The summed E-state index contributed by atoms with van der Waals surface area (Å²) in [5.74, 6) is 0.593. The lowest BCUT2D eigenvalue weighted by atomic mass is 9.96. The maximum Gasteiger partial charge on any atom is 0.232 e. The van der Waals surface area contributed by atoms with E-state index in [1.165, 1.54) is 0 Å². The van der Waals surface area contributed by atoms with Crippen LogP contribution in [0.15, 0.2) is 54.7 Å². The number of anilines is 1. The molecule has 194 valence electrons. The lowest BCUT2D eigenvalue weighted by molar-refractivity contribution is -0.125. The Balaban J connectivity index is 1.45. The summed E-state index contributed by atoms with van der Waals surface area (Å²) in [6, 6.07) is 14.9. The van der Waals surface area contributed by atoms with Crippen molar-refractivity contribution in [1.82, 2.24) is 15.3 Å². The molecule has 0 spiro atoms. The zero-order valence-electron chi connectivity index (χ0n) is 21.4. The molecule has 0 radical (unpaired) electrons. The number of fused-ring (bicyclic) bond motifs is 1. The van der Waals surface area contributed by atoms with Crippen molar-refractivity contribution in [2.24, 2.45) is 0 Å². The molecule has 37 heavy (non-hydrogen) atoms. The number of nitrogens with zero attached hydrogens (tertiary/aromatic N) is 1. The van der Waals surface area contributed by atoms with Gasteiger partial charge in [0.05, 0.1) is 31.0 Å². The fraction of sp³-hybridized carbons (Fsp3) is 0.379. The molecule has 0 aliphatic carbocycles. The minimum atomic E-state index is -0.581. The Kier molecular flexibility index (Phi) is 8.72. The molecule has 0 saturated carbocycles. The van der Waals surface area contributed by atoms with Crippen LogP contribution in [0.2, 0.25) is 0 Å². The Morgan fingerprint density at radius 1 is 1.11 bits per heavy atom. The standard InChI is InChI=1S/C29H34N4O4/c1-3-20(34)12-8-5-9-13-25(28-30-18-26(32-28)19-10-6-4-7-11-19)31-27(35)17-23-22-16-21(37-2)14-15-24(22)33-29(23)36/h4,6-7,10-11,14-16,18,23,25H,3,5,8-9,12-13,17H2,1-2H3,(H,30,32)(H,31,35)(H,33,36)/t23?,25-/m0/s1. The highest BCUT2D eigenvalue weighted by Gasteiger charge is 2.33. The third-order valence-electron chi connectivity index (χ3n) is 6.79. The van der Waals surface area contributed by atoms with Crippen LogP contribution in [0.3, 0.4) is 0 Å². The average Bonchev–Trinajstić information content (AvgIpc) is 3.53. The fourth-order valence-electron chi connectivity index (χ4n) is 4.65. The summed E-state index contributed by atoms with van der Waals surface area (Å²) in [6.45, 7) is 1.88. The number of rotatable bonds is 13. The van der Waals surface area contributed by atoms with Gasteiger partial charge in [0.25, 0.3) is 0 Å². The van der Waals surface area contributed by atoms with Gasteiger partial charge in [-0.25, -0.2) is 4.98 Å². The van der Waals surface area contributed by atoms with Crippen LogP contribution in [0.25, 0.3) is 11.3 Å². The highest BCUT2D eigenvalue weighted by Crippen LogP contribution is 2.37. The van der Waals surface area contributed by atoms with Crippen LogP contribution in [-0.4, -0.2) is 34.7 Å². The third-order valence-corrected chi connectivity index (χ3v) is 6.79. The molecule has 0 saturated heterocycles. The molecule has 1 unspecified atom stereocenters. The number of methoxy groups -OCH3 is 1. The van der Waals surface area contributed by atoms with Crippen LogP contribution in [0.4, 0.5) is 5.69 Å². The topological polar surface area (TPSA) is 113 Å². The molecular formula is C29H34N4O4. The molecule has 0 bridgehead atoms. The number of carbonyl (C=O) groups excluding carboxylic acids is 3. The van der Waals surface area contributed by atoms with E-state index >= 15 is 0 Å². The van der Waals surface area contributed by atoms with Gasteiger partial charge in [0.2, 0.25) is 11.8 Å². The Morgan fingerprint density at radius 3 is 2.68 bits per heavy atom. The van der Waals surface area contributed by atoms with Gasteiger partial charge in [0.1, 0.15) is 17.4 Å². The van der Waals surface area contributed by atoms with E-state index in [9.17, 15) is 14.4 Å². The van der Waals surface area contributed by atoms with Gasteiger partial charge in [-0.2, -0.15) is 0 Å². The summed E-state index contributed by atoms with van der Waals surface area (Å²) >= 11 is 0. The van der Waals surface area contributed by atoms with E-state index in [0.29, 0.717) is 36.5 Å². The molecule has 1 aromatic heterocycles. The third kappa shape index (κ3) is 6.64. The van der Waals surface area contributed by atoms with Gasteiger partial charge in [-0.3, -0.25) is 14.4 Å². The minimum absolute atomic E-state index is 0.0275. The molecule has 1 aliphatic heterocycles. The lowest BCUT2D eigenvalue weighted by Gasteiger charge is -2.18. The van der Waals surface area contributed by atoms with E-state index in [0.717, 1.165) is 36.1 Å². The van der Waals surface area contributed by atoms with Crippen LogP contribution >= 0.6 is 0 Å². The van der Waals surface area contributed by atoms with Crippen LogP contribution in [0, 0.1) is 0 Å². The van der Waals surface area contributed by atoms with Gasteiger partial charge in [-0.05, 0) is 42.2 Å². The van der Waals surface area contributed by atoms with Gasteiger partial charge in [0.15, 0.2) is 0 Å². The number of aromatic amines is 1. The molecule has 2 amide bonds. The van der Waals surface area contributed by atoms with E-state index < -0.39 is 5.92 Å². The maximum atomic E-state index is 13.2. The van der Waals surface area contributed by atoms with E-state index in [-0.39, 0.29) is 30.1 Å². The Bertz CT molecular complexity index is 1240. The predicted molar refractivity (Wildman–Crippen MR) is 142 cm³/mol. The van der Waals surface area contributed by atoms with Crippen LogP contribution in [0.5, 0.6) is 5.75 Å². The highest BCUT2D eigenvalue weighted by atomic mass is 16.5. The van der Waals surface area contributed by atoms with Crippen LogP contribution in [-0.2, 0) is 14.4 Å². The first-order valence-corrected chi connectivity index (χ1v) is 12.9. The lowest BCUT2D eigenvalue weighted by Crippen LogP contribution is -2.31. The van der Waals surface area contributed by atoms with E-state index in [4.69, 9.17) is 4.74 Å². The SMILES string of the molecule is CCC(=O)CCCCC[C@H](NC(=O)CC1C(=O)Nc2ccc(OC)cc21)c1ncc(-c2ccccc2)[nH]1. The summed E-state index contributed by atoms with van der Waals surface area (Å²) in [7, 11) is 1.57. The smallest absolute Gasteiger partial charge is 0.232 e. The van der Waals surface area contributed by atoms with Crippen molar-refractivity contribution < 1.29 is 19.1 Å². The fourth-order valence-corrected chi connectivity index (χ4v) is 4.65. The van der Waals surface area contributed by atoms with Crippen molar-refractivity contribution in [3.05, 3.63) is 66.1 Å². The molecule has 4 rings (SSSR count). The number of ketones is 1. The molecule has 3 N–H and O–H groups in total. The van der Waals surface area contributed by atoms with Crippen molar-refractivity contribution >= 4 is 23.3 Å². The Labute approximate surface area is 217 Å². The second-order valence-corrected chi connectivity index (χ2v) is 9.36. The van der Waals surface area contributed by atoms with E-state index in [1.807, 2.05) is 37.3 Å². The number of nitrogens with one attached hydrogen (secondary N) is 3. The van der Waals surface area contributed by atoms with Crippen molar-refractivity contribution in [2.75, 3.05) is 12.4 Å². The predicted octanol–water partition coefficient (Wildman–Crippen LogP) is 5.30. The summed E-state index contributed by atoms with van der Waals surface area (Å²) < 4.78 is 5.30. The van der Waals surface area contributed by atoms with Crippen LogP contribution < -0.4 is 15.4 Å². The second-order valence-electron chi connectivity index (χ2n) is 9.36. The molecule has 2 atom stereocenters. The normalized spacial score (nSPS) is 15.1. The number of carbonyl (C=O) groups is 3. The highest BCUT2D eigenvalue weighted by molar-refractivity contribution is 6.05. The number of ether oxygens (including phenoxy) is 1. The van der Waals surface area contributed by atoms with Gasteiger partial charge < -0.3 is 20.4 Å². The number of hydrogen-bond donors (Lipinski definition) is 3. The first-order valence-electron chi connectivity index (χ1n) is 12.9. The molecule has 1 aliphatic rings. The minimum Gasteiger partial charge on any atom is -0.497 e. The number of aromatic nitrogens is 2. The zero-order valence-corrected chi connectivity index (χ0v) is 21.4. The van der Waals surface area contributed by atoms with E-state index in [1.54, 1.807) is 31.5 Å². The van der Waals surface area contributed by atoms with Crippen LogP contribution in [0.1, 0.15) is 75.2 Å². The van der Waals surface area contributed by atoms with Gasteiger partial charge in [-0.15, -0.1) is 0 Å². The van der Waals surface area contributed by atoms with Gasteiger partial charge >= 0.3 is 0 Å². The number of amides is 2. The molecule has 2 heterocycles. The molecular weight excluding hydrogens is 468 g/mol. The van der Waals surface area contributed by atoms with Gasteiger partial charge in [0, 0.05) is 24.9 Å². The van der Waals surface area contributed by atoms with Crippen molar-refractivity contribution in [2.45, 2.75) is 63.8 Å². The Morgan fingerprint density at radius 2 is 1.92 bits per heavy atom. The summed E-state index contributed by atoms with van der Waals surface area (Å²) in [6.07, 6.45) is 6.20. The largest absolute Gasteiger partial charge is 0.497 e. The molecule has 0 fully saturated rings. The second kappa shape index (κ2) is 12.3. The monoisotopic (exact) mass is 502 g/mol. The Hall–Kier alpha value is -3.94. The molecule has 8 nitrogen and oxygen atoms in total. The first kappa shape index (κ1) is 26.1. The van der Waals surface area contributed by atoms with Crippen molar-refractivity contribution in [1.29, 1.82) is 0 Å². The number of benzene rings is 2. The zero-order chi connectivity index (χ0) is 26.2. The molecule has 3 aromatic rings. The molecule has 8 heteroatoms. The van der Waals surface area contributed by atoms with E-state index in [2.05, 4.69) is 20.6 Å². The average molecular weight is 503 g/mol. The number of hydrogen-bond acceptors (Lipinski definition) is 5. The van der Waals surface area contributed by atoms with Gasteiger partial charge in [-0.1, -0.05) is 50.1 Å². The maximum absolute atomic E-state index is 13.2. The number of unbranched alkanes of at least 4 members (excludes halogenated alkanes) is 2. The van der Waals surface area contributed by atoms with Crippen molar-refractivity contribution in [3.63, 3.8) is 0 Å². The first-order chi connectivity index (χ1) is 18.0.